The third kappa shape index (κ3) is 2.07. The maximum Gasteiger partial charge on any atom is 0.259 e. The van der Waals surface area contributed by atoms with Gasteiger partial charge in [-0.05, 0) is 85.8 Å². The van der Waals surface area contributed by atoms with Crippen molar-refractivity contribution in [3.8, 4) is 0 Å². The molecule has 6 rings (SSSR count). The van der Waals surface area contributed by atoms with Crippen LogP contribution in [0.4, 0.5) is 5.69 Å². The van der Waals surface area contributed by atoms with Gasteiger partial charge in [-0.1, -0.05) is 6.07 Å². The number of aromatic nitrogens is 1. The van der Waals surface area contributed by atoms with Crippen LogP contribution in [0.15, 0.2) is 35.3 Å². The fourth-order valence-electron chi connectivity index (χ4n) is 8.05. The van der Waals surface area contributed by atoms with E-state index in [0.29, 0.717) is 28.3 Å². The van der Waals surface area contributed by atoms with Crippen molar-refractivity contribution < 1.29 is 9.59 Å². The minimum atomic E-state index is -0.724. The number of anilines is 1. The lowest BCUT2D eigenvalue weighted by Gasteiger charge is -2.73. The molecule has 1 spiro atoms. The van der Waals surface area contributed by atoms with Crippen molar-refractivity contribution in [3.63, 3.8) is 0 Å². The van der Waals surface area contributed by atoms with E-state index in [1.807, 2.05) is 6.07 Å². The van der Waals surface area contributed by atoms with Crippen molar-refractivity contribution in [3.05, 3.63) is 40.8 Å². The van der Waals surface area contributed by atoms with Gasteiger partial charge in [-0.3, -0.25) is 14.4 Å². The van der Waals surface area contributed by atoms with Gasteiger partial charge in [-0.2, -0.15) is 0 Å². The minimum absolute atomic E-state index is 0.0585. The molecule has 2 amide bonds. The molecule has 6 heteroatoms. The van der Waals surface area contributed by atoms with E-state index in [1.54, 1.807) is 31.3 Å². The summed E-state index contributed by atoms with van der Waals surface area (Å²) >= 11 is 0. The van der Waals surface area contributed by atoms with Crippen LogP contribution in [0.5, 0.6) is 0 Å². The quantitative estimate of drug-likeness (QED) is 0.800. The molecule has 6 atom stereocenters. The van der Waals surface area contributed by atoms with Crippen LogP contribution in [0, 0.1) is 28.6 Å². The van der Waals surface area contributed by atoms with Gasteiger partial charge in [0, 0.05) is 29.1 Å². The van der Waals surface area contributed by atoms with Gasteiger partial charge in [0.2, 0.25) is 11.8 Å². The molecule has 30 heavy (non-hydrogen) atoms. The average Bonchev–Trinajstić information content (AvgIpc) is 3.17. The van der Waals surface area contributed by atoms with E-state index in [2.05, 4.69) is 5.32 Å². The molecule has 1 aromatic heterocycles. The first-order valence-corrected chi connectivity index (χ1v) is 11.1. The first kappa shape index (κ1) is 18.2. The predicted molar refractivity (Wildman–Crippen MR) is 114 cm³/mol. The zero-order chi connectivity index (χ0) is 20.8. The van der Waals surface area contributed by atoms with E-state index in [1.165, 1.54) is 36.7 Å². The first-order chi connectivity index (χ1) is 14.3. The van der Waals surface area contributed by atoms with E-state index in [4.69, 9.17) is 5.73 Å². The Morgan fingerprint density at radius 1 is 1.17 bits per heavy atom. The SMILES string of the molecule is CC(C(N)=O)n1ccc2c(NC(=O)CC34CC5CC6CC(C3)C64C5)cccc2c1=O. The fourth-order valence-corrected chi connectivity index (χ4v) is 8.05. The van der Waals surface area contributed by atoms with Crippen LogP contribution in [-0.2, 0) is 9.59 Å². The molecular formula is C24H27N3O3. The smallest absolute Gasteiger partial charge is 0.259 e. The second kappa shape index (κ2) is 5.74. The zero-order valence-corrected chi connectivity index (χ0v) is 17.2. The Morgan fingerprint density at radius 2 is 2.00 bits per heavy atom. The van der Waals surface area contributed by atoms with Crippen molar-refractivity contribution in [2.24, 2.45) is 34.3 Å². The van der Waals surface area contributed by atoms with E-state index < -0.39 is 11.9 Å². The Hall–Kier alpha value is -2.63. The van der Waals surface area contributed by atoms with E-state index in [9.17, 15) is 14.4 Å². The number of hydrogen-bond acceptors (Lipinski definition) is 3. The fraction of sp³-hybridized carbons (Fsp3) is 0.542. The molecule has 1 aromatic carbocycles. The summed E-state index contributed by atoms with van der Waals surface area (Å²) in [6, 6.07) is 6.39. The van der Waals surface area contributed by atoms with Crippen molar-refractivity contribution in [1.29, 1.82) is 0 Å². The average molecular weight is 405 g/mol. The molecule has 6 unspecified atom stereocenters. The van der Waals surface area contributed by atoms with Gasteiger partial charge in [0.05, 0.1) is 0 Å². The van der Waals surface area contributed by atoms with Gasteiger partial charge in [0.1, 0.15) is 6.04 Å². The van der Waals surface area contributed by atoms with Crippen LogP contribution < -0.4 is 16.6 Å². The molecular weight excluding hydrogens is 378 g/mol. The Labute approximate surface area is 174 Å². The number of hydrogen-bond donors (Lipinski definition) is 2. The number of fused-ring (bicyclic) bond motifs is 2. The molecule has 1 heterocycles. The number of carbonyl (C=O) groups is 2. The number of primary amides is 1. The van der Waals surface area contributed by atoms with Gasteiger partial charge in [-0.15, -0.1) is 0 Å². The molecule has 2 bridgehead atoms. The lowest BCUT2D eigenvalue weighted by Crippen LogP contribution is -2.67. The highest BCUT2D eigenvalue weighted by atomic mass is 16.2. The number of rotatable bonds is 5. The third-order valence-corrected chi connectivity index (χ3v) is 9.15. The second-order valence-corrected chi connectivity index (χ2v) is 10.3. The van der Waals surface area contributed by atoms with Crippen LogP contribution in [0.2, 0.25) is 0 Å². The van der Waals surface area contributed by atoms with Crippen molar-refractivity contribution >= 4 is 28.3 Å². The second-order valence-electron chi connectivity index (χ2n) is 10.3. The number of nitrogens with one attached hydrogen (secondary N) is 1. The van der Waals surface area contributed by atoms with Crippen LogP contribution in [0.25, 0.3) is 10.8 Å². The largest absolute Gasteiger partial charge is 0.368 e. The summed E-state index contributed by atoms with van der Waals surface area (Å²) < 4.78 is 1.34. The molecule has 0 aliphatic heterocycles. The van der Waals surface area contributed by atoms with Crippen LogP contribution in [-0.4, -0.2) is 16.4 Å². The molecule has 0 saturated heterocycles. The van der Waals surface area contributed by atoms with Crippen LogP contribution in [0.3, 0.4) is 0 Å². The molecule has 4 fully saturated rings. The molecule has 6 nitrogen and oxygen atoms in total. The summed E-state index contributed by atoms with van der Waals surface area (Å²) in [6.45, 7) is 1.61. The Kier molecular flexibility index (Phi) is 3.48. The highest BCUT2D eigenvalue weighted by molar-refractivity contribution is 6.02. The maximum absolute atomic E-state index is 13.1. The number of benzene rings is 1. The number of pyridine rings is 1. The zero-order valence-electron chi connectivity index (χ0n) is 17.2. The van der Waals surface area contributed by atoms with Gasteiger partial charge in [0.25, 0.3) is 5.56 Å². The Morgan fingerprint density at radius 3 is 2.73 bits per heavy atom. The normalized spacial score (nSPS) is 36.0. The standard InChI is InChI=1S/C24H27N3O3/c1-13(21(25)29)27-6-5-17-18(22(27)30)3-2-4-19(17)26-20(28)12-23-9-14-7-15-8-16(11-23)24(15,23)10-14/h2-6,13-16H,7-12H2,1H3,(H2,25,29)(H,26,28). The van der Waals surface area contributed by atoms with Gasteiger partial charge in [-0.25, -0.2) is 0 Å². The van der Waals surface area contributed by atoms with Gasteiger partial charge >= 0.3 is 0 Å². The summed E-state index contributed by atoms with van der Waals surface area (Å²) in [7, 11) is 0. The van der Waals surface area contributed by atoms with Crippen molar-refractivity contribution in [2.75, 3.05) is 5.32 Å². The first-order valence-electron chi connectivity index (χ1n) is 11.1. The molecule has 156 valence electrons. The number of nitrogens with zero attached hydrogens (tertiary/aromatic N) is 1. The summed E-state index contributed by atoms with van der Waals surface area (Å²) in [5.41, 5.74) is 6.45. The highest BCUT2D eigenvalue weighted by Crippen LogP contribution is 2.87. The molecule has 4 saturated carbocycles. The van der Waals surface area contributed by atoms with Crippen LogP contribution in [0.1, 0.15) is 51.5 Å². The van der Waals surface area contributed by atoms with Crippen LogP contribution >= 0.6 is 0 Å². The topological polar surface area (TPSA) is 94.2 Å². The molecule has 0 radical (unpaired) electrons. The lowest BCUT2D eigenvalue weighted by atomic mass is 9.31. The van der Waals surface area contributed by atoms with Crippen molar-refractivity contribution in [1.82, 2.24) is 4.57 Å². The summed E-state index contributed by atoms with van der Waals surface area (Å²) in [4.78, 5) is 37.5. The van der Waals surface area contributed by atoms with E-state index in [-0.39, 0.29) is 16.9 Å². The number of carbonyl (C=O) groups excluding carboxylic acids is 2. The minimum Gasteiger partial charge on any atom is -0.368 e. The molecule has 4 aliphatic rings. The molecule has 4 aliphatic carbocycles. The Balaban J connectivity index is 1.27. The maximum atomic E-state index is 13.1. The van der Waals surface area contributed by atoms with Gasteiger partial charge < -0.3 is 15.6 Å². The summed E-state index contributed by atoms with van der Waals surface area (Å²) in [5, 5.41) is 4.27. The predicted octanol–water partition coefficient (Wildman–Crippen LogP) is 3.20. The summed E-state index contributed by atoms with van der Waals surface area (Å²) in [5.74, 6) is 2.07. The molecule has 3 N–H and O–H groups in total. The number of amides is 2. The van der Waals surface area contributed by atoms with Gasteiger partial charge in [0.15, 0.2) is 0 Å². The number of nitrogens with two attached hydrogens (primary N) is 1. The molecule has 2 aromatic rings. The Bertz CT molecular complexity index is 1170. The third-order valence-electron chi connectivity index (χ3n) is 9.15. The highest BCUT2D eigenvalue weighted by Gasteiger charge is 2.80. The van der Waals surface area contributed by atoms with E-state index >= 15 is 0 Å². The summed E-state index contributed by atoms with van der Waals surface area (Å²) in [6.07, 6.45) is 8.75. The van der Waals surface area contributed by atoms with Crippen molar-refractivity contribution in [2.45, 2.75) is 51.5 Å². The monoisotopic (exact) mass is 405 g/mol. The van der Waals surface area contributed by atoms with E-state index in [0.717, 1.165) is 17.8 Å². The lowest BCUT2D eigenvalue weighted by molar-refractivity contribution is -0.244.